The Balaban J connectivity index is 2.39. The molecule has 0 saturated carbocycles. The van der Waals surface area contributed by atoms with Crippen LogP contribution in [0.1, 0.15) is 27.2 Å². The molecule has 0 aliphatic rings. The fourth-order valence-electron chi connectivity index (χ4n) is 1.67. The quantitative estimate of drug-likeness (QED) is 0.727. The van der Waals surface area contributed by atoms with Crippen molar-refractivity contribution in [1.82, 2.24) is 20.4 Å². The molecule has 7 nitrogen and oxygen atoms in total. The molecule has 0 aliphatic heterocycles. The van der Waals surface area contributed by atoms with E-state index >= 15 is 0 Å². The number of carboxylic acids is 1. The Morgan fingerprint density at radius 1 is 1.40 bits per heavy atom. The normalized spacial score (nSPS) is 12.8. The number of nitrogens with one attached hydrogen (secondary N) is 2. The van der Waals surface area contributed by atoms with E-state index in [1.54, 1.807) is 10.9 Å². The second-order valence-corrected chi connectivity index (χ2v) is 5.69. The molecule has 112 valence electrons. The third-order valence-corrected chi connectivity index (χ3v) is 2.92. The minimum absolute atomic E-state index is 0.101. The van der Waals surface area contributed by atoms with E-state index in [0.29, 0.717) is 13.1 Å². The maximum absolute atomic E-state index is 11.8. The largest absolute Gasteiger partial charge is 0.481 e. The van der Waals surface area contributed by atoms with Gasteiger partial charge in [0, 0.05) is 25.0 Å². The molecule has 0 fully saturated rings. The molecule has 0 aliphatic carbocycles. The molecule has 0 spiro atoms. The summed E-state index contributed by atoms with van der Waals surface area (Å²) >= 11 is 0. The lowest BCUT2D eigenvalue weighted by atomic mass is 9.85. The first-order valence-corrected chi connectivity index (χ1v) is 6.52. The van der Waals surface area contributed by atoms with Crippen molar-refractivity contribution >= 4 is 12.0 Å². The van der Waals surface area contributed by atoms with E-state index in [9.17, 15) is 9.59 Å². The second-order valence-electron chi connectivity index (χ2n) is 5.69. The van der Waals surface area contributed by atoms with Crippen molar-refractivity contribution in [3.63, 3.8) is 0 Å². The summed E-state index contributed by atoms with van der Waals surface area (Å²) in [5.74, 6) is -0.929. The van der Waals surface area contributed by atoms with Gasteiger partial charge in [0.2, 0.25) is 0 Å². The zero-order valence-corrected chi connectivity index (χ0v) is 12.1. The van der Waals surface area contributed by atoms with Crippen molar-refractivity contribution < 1.29 is 14.7 Å². The van der Waals surface area contributed by atoms with E-state index in [4.69, 9.17) is 5.11 Å². The second kappa shape index (κ2) is 6.93. The monoisotopic (exact) mass is 282 g/mol. The summed E-state index contributed by atoms with van der Waals surface area (Å²) in [6.07, 6.45) is 3.38. The molecule has 20 heavy (non-hydrogen) atoms. The molecule has 1 heterocycles. The molecule has 0 radical (unpaired) electrons. The number of carbonyl (C=O) groups excluding carboxylic acids is 1. The molecular weight excluding hydrogens is 260 g/mol. The van der Waals surface area contributed by atoms with E-state index in [1.807, 2.05) is 33.0 Å². The molecule has 1 rings (SSSR count). The van der Waals surface area contributed by atoms with Gasteiger partial charge in [0.15, 0.2) is 0 Å². The average Bonchev–Trinajstić information content (AvgIpc) is 2.79. The summed E-state index contributed by atoms with van der Waals surface area (Å²) in [5, 5.41) is 18.3. The third kappa shape index (κ3) is 5.73. The topological polar surface area (TPSA) is 96.3 Å². The number of aromatic nitrogens is 2. The standard InChI is InChI=1S/C13H22N4O3/c1-13(2,3)10(9-11(18)19)16-12(20)14-6-8-17-7-4-5-15-17/h4-5,7,10H,6,8-9H2,1-3H3,(H,18,19)(H2,14,16,20). The predicted octanol–water partition coefficient (Wildman–Crippen LogP) is 1.07. The molecular formula is C13H22N4O3. The van der Waals surface area contributed by atoms with E-state index in [0.717, 1.165) is 0 Å². The Kier molecular flexibility index (Phi) is 5.54. The van der Waals surface area contributed by atoms with Gasteiger partial charge in [-0.15, -0.1) is 0 Å². The summed E-state index contributed by atoms with van der Waals surface area (Å²) in [4.78, 5) is 22.6. The van der Waals surface area contributed by atoms with Crippen LogP contribution in [0.5, 0.6) is 0 Å². The van der Waals surface area contributed by atoms with Gasteiger partial charge in [-0.1, -0.05) is 20.8 Å². The van der Waals surface area contributed by atoms with Gasteiger partial charge in [0.25, 0.3) is 0 Å². The van der Waals surface area contributed by atoms with Gasteiger partial charge in [0.1, 0.15) is 0 Å². The van der Waals surface area contributed by atoms with Gasteiger partial charge in [-0.05, 0) is 11.5 Å². The lowest BCUT2D eigenvalue weighted by Crippen LogP contribution is -2.49. The van der Waals surface area contributed by atoms with E-state index in [-0.39, 0.29) is 17.9 Å². The highest BCUT2D eigenvalue weighted by molar-refractivity contribution is 5.75. The molecule has 1 atom stereocenters. The summed E-state index contributed by atoms with van der Waals surface area (Å²) in [7, 11) is 0. The summed E-state index contributed by atoms with van der Waals surface area (Å²) in [6.45, 7) is 6.68. The van der Waals surface area contributed by atoms with E-state index in [2.05, 4.69) is 15.7 Å². The van der Waals surface area contributed by atoms with E-state index < -0.39 is 12.0 Å². The lowest BCUT2D eigenvalue weighted by Gasteiger charge is -2.30. The molecule has 0 aromatic carbocycles. The predicted molar refractivity (Wildman–Crippen MR) is 74.3 cm³/mol. The van der Waals surface area contributed by atoms with Crippen LogP contribution in [0.25, 0.3) is 0 Å². The van der Waals surface area contributed by atoms with Crippen molar-refractivity contribution in [2.75, 3.05) is 6.54 Å². The first kappa shape index (κ1) is 16.0. The minimum atomic E-state index is -0.929. The molecule has 7 heteroatoms. The summed E-state index contributed by atoms with van der Waals surface area (Å²) in [5.41, 5.74) is -0.322. The highest BCUT2D eigenvalue weighted by Crippen LogP contribution is 2.21. The number of amides is 2. The number of aliphatic carboxylic acids is 1. The van der Waals surface area contributed by atoms with Gasteiger partial charge in [-0.3, -0.25) is 9.48 Å². The third-order valence-electron chi connectivity index (χ3n) is 2.92. The van der Waals surface area contributed by atoms with Crippen LogP contribution in [-0.4, -0.2) is 39.5 Å². The molecule has 1 aromatic rings. The van der Waals surface area contributed by atoms with Gasteiger partial charge in [-0.25, -0.2) is 4.79 Å². The number of carbonyl (C=O) groups is 2. The molecule has 0 bridgehead atoms. The van der Waals surface area contributed by atoms with Crippen LogP contribution in [0, 0.1) is 5.41 Å². The zero-order valence-electron chi connectivity index (χ0n) is 12.1. The molecule has 0 saturated heterocycles. The number of hydrogen-bond acceptors (Lipinski definition) is 3. The van der Waals surface area contributed by atoms with Crippen LogP contribution in [0.4, 0.5) is 4.79 Å². The van der Waals surface area contributed by atoms with Crippen LogP contribution in [0.3, 0.4) is 0 Å². The summed E-state index contributed by atoms with van der Waals surface area (Å²) < 4.78 is 1.71. The van der Waals surface area contributed by atoms with Crippen molar-refractivity contribution in [3.8, 4) is 0 Å². The maximum atomic E-state index is 11.8. The smallest absolute Gasteiger partial charge is 0.315 e. The number of rotatable bonds is 6. The van der Waals surface area contributed by atoms with Crippen LogP contribution < -0.4 is 10.6 Å². The Morgan fingerprint density at radius 3 is 2.60 bits per heavy atom. The average molecular weight is 282 g/mol. The SMILES string of the molecule is CC(C)(C)C(CC(=O)O)NC(=O)NCCn1cccn1. The summed E-state index contributed by atoms with van der Waals surface area (Å²) in [6, 6.07) is 1.02. The lowest BCUT2D eigenvalue weighted by molar-refractivity contribution is -0.138. The maximum Gasteiger partial charge on any atom is 0.315 e. The Bertz CT molecular complexity index is 437. The van der Waals surface area contributed by atoms with Crippen molar-refractivity contribution in [2.24, 2.45) is 5.41 Å². The Hall–Kier alpha value is -2.05. The first-order chi connectivity index (χ1) is 9.29. The molecule has 3 N–H and O–H groups in total. The highest BCUT2D eigenvalue weighted by Gasteiger charge is 2.28. The number of carboxylic acid groups (broad SMARTS) is 1. The Labute approximate surface area is 118 Å². The number of urea groups is 1. The van der Waals surface area contributed by atoms with Crippen molar-refractivity contribution in [3.05, 3.63) is 18.5 Å². The van der Waals surface area contributed by atoms with Crippen LogP contribution >= 0.6 is 0 Å². The van der Waals surface area contributed by atoms with Gasteiger partial charge in [-0.2, -0.15) is 5.10 Å². The molecule has 1 unspecified atom stereocenters. The van der Waals surface area contributed by atoms with Crippen LogP contribution in [-0.2, 0) is 11.3 Å². The van der Waals surface area contributed by atoms with Gasteiger partial charge >= 0.3 is 12.0 Å². The fraction of sp³-hybridized carbons (Fsp3) is 0.615. The van der Waals surface area contributed by atoms with Crippen LogP contribution in [0.2, 0.25) is 0 Å². The fourth-order valence-corrected chi connectivity index (χ4v) is 1.67. The van der Waals surface area contributed by atoms with Gasteiger partial charge in [0.05, 0.1) is 13.0 Å². The minimum Gasteiger partial charge on any atom is -0.481 e. The number of nitrogens with zero attached hydrogens (tertiary/aromatic N) is 2. The number of hydrogen-bond donors (Lipinski definition) is 3. The van der Waals surface area contributed by atoms with Crippen LogP contribution in [0.15, 0.2) is 18.5 Å². The van der Waals surface area contributed by atoms with E-state index in [1.165, 1.54) is 0 Å². The molecule has 1 aromatic heterocycles. The highest BCUT2D eigenvalue weighted by atomic mass is 16.4. The van der Waals surface area contributed by atoms with Crippen molar-refractivity contribution in [2.45, 2.75) is 39.8 Å². The Morgan fingerprint density at radius 2 is 2.10 bits per heavy atom. The van der Waals surface area contributed by atoms with Gasteiger partial charge < -0.3 is 15.7 Å². The van der Waals surface area contributed by atoms with Crippen molar-refractivity contribution in [1.29, 1.82) is 0 Å². The first-order valence-electron chi connectivity index (χ1n) is 6.52. The zero-order chi connectivity index (χ0) is 15.2. The molecule has 2 amide bonds.